The molecule has 9 heteroatoms. The van der Waals surface area contributed by atoms with Crippen LogP contribution in [-0.2, 0) is 0 Å². The van der Waals surface area contributed by atoms with E-state index >= 15 is 0 Å². The molecule has 0 amide bonds. The van der Waals surface area contributed by atoms with Gasteiger partial charge in [-0.1, -0.05) is 0 Å². The summed E-state index contributed by atoms with van der Waals surface area (Å²) in [5.41, 5.74) is 3.32. The first-order chi connectivity index (χ1) is 11.7. The Hall–Kier alpha value is -3.36. The first kappa shape index (κ1) is 15.5. The number of benzene rings is 1. The van der Waals surface area contributed by atoms with Crippen molar-refractivity contribution in [3.05, 3.63) is 46.1 Å². The molecule has 0 saturated carbocycles. The van der Waals surface area contributed by atoms with Gasteiger partial charge < -0.3 is 14.2 Å². The van der Waals surface area contributed by atoms with Gasteiger partial charge in [-0.2, -0.15) is 5.10 Å². The molecule has 2 heterocycles. The van der Waals surface area contributed by atoms with E-state index in [1.807, 2.05) is 6.92 Å². The number of aromatic nitrogens is 1. The number of pyridine rings is 1. The minimum atomic E-state index is -0.513. The third-order valence-corrected chi connectivity index (χ3v) is 3.15. The van der Waals surface area contributed by atoms with Gasteiger partial charge in [0.2, 0.25) is 6.79 Å². The number of nitrogens with one attached hydrogen (secondary N) is 1. The zero-order valence-corrected chi connectivity index (χ0v) is 12.8. The van der Waals surface area contributed by atoms with Gasteiger partial charge >= 0.3 is 0 Å². The molecule has 0 saturated heterocycles. The highest BCUT2D eigenvalue weighted by molar-refractivity contribution is 5.85. The van der Waals surface area contributed by atoms with Crippen LogP contribution in [-0.4, -0.2) is 29.5 Å². The summed E-state index contributed by atoms with van der Waals surface area (Å²) in [6.07, 6.45) is 2.71. The van der Waals surface area contributed by atoms with Crippen LogP contribution in [0.4, 0.5) is 11.5 Å². The number of rotatable bonds is 6. The number of hydrogen-bond acceptors (Lipinski definition) is 8. The Morgan fingerprint density at radius 2 is 2.21 bits per heavy atom. The Morgan fingerprint density at radius 1 is 1.42 bits per heavy atom. The van der Waals surface area contributed by atoms with E-state index in [9.17, 15) is 10.1 Å². The second kappa shape index (κ2) is 6.82. The van der Waals surface area contributed by atoms with E-state index in [-0.39, 0.29) is 12.5 Å². The van der Waals surface area contributed by atoms with Gasteiger partial charge in [-0.3, -0.25) is 15.5 Å². The molecule has 0 spiro atoms. The molecule has 3 rings (SSSR count). The van der Waals surface area contributed by atoms with E-state index in [2.05, 4.69) is 15.5 Å². The van der Waals surface area contributed by atoms with Crippen LogP contribution < -0.4 is 19.6 Å². The molecule has 0 unspecified atom stereocenters. The number of hydrazone groups is 1. The summed E-state index contributed by atoms with van der Waals surface area (Å²) >= 11 is 0. The summed E-state index contributed by atoms with van der Waals surface area (Å²) in [6, 6.07) is 6.33. The predicted molar refractivity (Wildman–Crippen MR) is 85.8 cm³/mol. The van der Waals surface area contributed by atoms with E-state index in [1.54, 1.807) is 18.3 Å². The van der Waals surface area contributed by atoms with Gasteiger partial charge in [0.05, 0.1) is 17.7 Å². The topological polar surface area (TPSA) is 108 Å². The highest BCUT2D eigenvalue weighted by Crippen LogP contribution is 2.37. The standard InChI is InChI=1S/C15H14N4O5/c1-2-22-12-6-14-13(23-9-24-14)5-10(12)7-17-18-15-4-3-11(8-16-15)19(20)21/h3-8H,2,9H2,1H3,(H,16,18)/b17-7+. The van der Waals surface area contributed by atoms with Gasteiger partial charge in [0.1, 0.15) is 17.8 Å². The second-order valence-electron chi connectivity index (χ2n) is 4.71. The van der Waals surface area contributed by atoms with Crippen LogP contribution in [0.15, 0.2) is 35.6 Å². The number of hydrogen-bond donors (Lipinski definition) is 1. The molecule has 1 aromatic carbocycles. The van der Waals surface area contributed by atoms with E-state index in [0.29, 0.717) is 35.2 Å². The minimum absolute atomic E-state index is 0.0843. The Morgan fingerprint density at radius 3 is 2.88 bits per heavy atom. The van der Waals surface area contributed by atoms with Crippen molar-refractivity contribution in [3.8, 4) is 17.2 Å². The molecule has 1 N–H and O–H groups in total. The van der Waals surface area contributed by atoms with Crippen molar-refractivity contribution in [2.24, 2.45) is 5.10 Å². The minimum Gasteiger partial charge on any atom is -0.493 e. The molecule has 9 nitrogen and oxygen atoms in total. The maximum absolute atomic E-state index is 10.6. The van der Waals surface area contributed by atoms with E-state index in [4.69, 9.17) is 14.2 Å². The van der Waals surface area contributed by atoms with Crippen molar-refractivity contribution >= 4 is 17.7 Å². The summed E-state index contributed by atoms with van der Waals surface area (Å²) in [7, 11) is 0. The van der Waals surface area contributed by atoms with Gasteiger partial charge in [-0.15, -0.1) is 0 Å². The molecule has 124 valence electrons. The van der Waals surface area contributed by atoms with Crippen LogP contribution in [0, 0.1) is 10.1 Å². The van der Waals surface area contributed by atoms with Gasteiger partial charge in [0.15, 0.2) is 11.5 Å². The lowest BCUT2D eigenvalue weighted by Gasteiger charge is -2.08. The third-order valence-electron chi connectivity index (χ3n) is 3.15. The predicted octanol–water partition coefficient (Wildman–Crippen LogP) is 2.56. The highest BCUT2D eigenvalue weighted by atomic mass is 16.7. The van der Waals surface area contributed by atoms with Crippen LogP contribution >= 0.6 is 0 Å². The summed E-state index contributed by atoms with van der Waals surface area (Å²) in [5, 5.41) is 14.7. The van der Waals surface area contributed by atoms with E-state index in [0.717, 1.165) is 6.20 Å². The molecule has 0 aliphatic carbocycles. The molecule has 1 aromatic heterocycles. The Kier molecular flexibility index (Phi) is 4.41. The smallest absolute Gasteiger partial charge is 0.287 e. The second-order valence-corrected chi connectivity index (χ2v) is 4.71. The van der Waals surface area contributed by atoms with Crippen molar-refractivity contribution in [2.75, 3.05) is 18.8 Å². The fourth-order valence-electron chi connectivity index (χ4n) is 2.05. The number of anilines is 1. The SMILES string of the molecule is CCOc1cc2c(cc1/C=N/Nc1ccc([N+](=O)[O-])cn1)OCO2. The summed E-state index contributed by atoms with van der Waals surface area (Å²) < 4.78 is 16.2. The maximum atomic E-state index is 10.6. The quantitative estimate of drug-likeness (QED) is 0.492. The molecular weight excluding hydrogens is 316 g/mol. The summed E-state index contributed by atoms with van der Waals surface area (Å²) in [5.74, 6) is 2.24. The zero-order chi connectivity index (χ0) is 16.9. The first-order valence-electron chi connectivity index (χ1n) is 7.13. The number of ether oxygens (including phenoxy) is 3. The lowest BCUT2D eigenvalue weighted by molar-refractivity contribution is -0.385. The van der Waals surface area contributed by atoms with Crippen molar-refractivity contribution in [3.63, 3.8) is 0 Å². The van der Waals surface area contributed by atoms with E-state index in [1.165, 1.54) is 12.1 Å². The van der Waals surface area contributed by atoms with Crippen LogP contribution in [0.5, 0.6) is 17.2 Å². The lowest BCUT2D eigenvalue weighted by Crippen LogP contribution is -1.98. The van der Waals surface area contributed by atoms with Crippen LogP contribution in [0.3, 0.4) is 0 Å². The van der Waals surface area contributed by atoms with Crippen LogP contribution in [0.2, 0.25) is 0 Å². The normalized spacial score (nSPS) is 12.4. The molecular formula is C15H14N4O5. The Labute approximate surface area is 137 Å². The van der Waals surface area contributed by atoms with Crippen molar-refractivity contribution in [1.82, 2.24) is 4.98 Å². The largest absolute Gasteiger partial charge is 0.493 e. The first-order valence-corrected chi connectivity index (χ1v) is 7.13. The van der Waals surface area contributed by atoms with Crippen molar-refractivity contribution < 1.29 is 19.1 Å². The molecule has 0 atom stereocenters. The molecule has 1 aliphatic heterocycles. The molecule has 0 fully saturated rings. The fraction of sp³-hybridized carbons (Fsp3) is 0.200. The van der Waals surface area contributed by atoms with Gasteiger partial charge in [-0.05, 0) is 19.1 Å². The van der Waals surface area contributed by atoms with Gasteiger partial charge in [0.25, 0.3) is 5.69 Å². The lowest BCUT2D eigenvalue weighted by atomic mass is 10.2. The molecule has 24 heavy (non-hydrogen) atoms. The third kappa shape index (κ3) is 3.35. The fourth-order valence-corrected chi connectivity index (χ4v) is 2.05. The molecule has 0 bridgehead atoms. The summed E-state index contributed by atoms with van der Waals surface area (Å²) in [4.78, 5) is 14.0. The molecule has 2 aromatic rings. The van der Waals surface area contributed by atoms with Crippen molar-refractivity contribution in [2.45, 2.75) is 6.92 Å². The molecule has 1 aliphatic rings. The Bertz CT molecular complexity index is 776. The highest BCUT2D eigenvalue weighted by Gasteiger charge is 2.17. The maximum Gasteiger partial charge on any atom is 0.287 e. The monoisotopic (exact) mass is 330 g/mol. The van der Waals surface area contributed by atoms with Crippen LogP contribution in [0.25, 0.3) is 0 Å². The average molecular weight is 330 g/mol. The van der Waals surface area contributed by atoms with Gasteiger partial charge in [-0.25, -0.2) is 4.98 Å². The summed E-state index contributed by atoms with van der Waals surface area (Å²) in [6.45, 7) is 2.55. The average Bonchev–Trinajstić information content (AvgIpc) is 3.03. The molecule has 0 radical (unpaired) electrons. The zero-order valence-electron chi connectivity index (χ0n) is 12.8. The van der Waals surface area contributed by atoms with Gasteiger partial charge in [0, 0.05) is 17.7 Å². The number of nitrogens with zero attached hydrogens (tertiary/aromatic N) is 3. The van der Waals surface area contributed by atoms with Crippen LogP contribution in [0.1, 0.15) is 12.5 Å². The Balaban J connectivity index is 1.75. The number of fused-ring (bicyclic) bond motifs is 1. The number of nitro groups is 1. The van der Waals surface area contributed by atoms with Crippen molar-refractivity contribution in [1.29, 1.82) is 0 Å². The van der Waals surface area contributed by atoms with E-state index < -0.39 is 4.92 Å².